The molecule has 0 radical (unpaired) electrons. The maximum Gasteiger partial charge on any atom is 0.339 e. The van der Waals surface area contributed by atoms with Crippen LogP contribution in [0.4, 0.5) is 10.5 Å². The number of urea groups is 1. The SMILES string of the molecule is C[Si](C)(C)C#CC1=C(C(=O)OCC2CCCCC2)C(c2cccc([N+](=O)[O-])c2)NC(=O)N1. The first-order valence-electron chi connectivity index (χ1n) is 10.9. The maximum atomic E-state index is 13.2. The Hall–Kier alpha value is -3.12. The molecule has 2 N–H and O–H groups in total. The zero-order chi connectivity index (χ0) is 23.3. The summed E-state index contributed by atoms with van der Waals surface area (Å²) in [4.78, 5) is 36.3. The number of nitrogens with one attached hydrogen (secondary N) is 2. The number of hydrogen-bond acceptors (Lipinski definition) is 5. The third-order valence-corrected chi connectivity index (χ3v) is 6.32. The van der Waals surface area contributed by atoms with Gasteiger partial charge in [-0.25, -0.2) is 9.59 Å². The number of rotatable bonds is 5. The van der Waals surface area contributed by atoms with Crippen molar-refractivity contribution in [2.75, 3.05) is 6.61 Å². The first kappa shape index (κ1) is 23.5. The highest BCUT2D eigenvalue weighted by molar-refractivity contribution is 6.83. The number of nitro benzene ring substituents is 1. The highest BCUT2D eigenvalue weighted by Crippen LogP contribution is 2.31. The fourth-order valence-corrected chi connectivity index (χ4v) is 4.33. The molecule has 9 heteroatoms. The molecule has 1 unspecified atom stereocenters. The third kappa shape index (κ3) is 6.20. The molecular formula is C23H29N3O5Si. The monoisotopic (exact) mass is 455 g/mol. The van der Waals surface area contributed by atoms with Gasteiger partial charge in [0.1, 0.15) is 13.8 Å². The fourth-order valence-electron chi connectivity index (χ4n) is 3.83. The summed E-state index contributed by atoms with van der Waals surface area (Å²) in [6.45, 7) is 6.49. The van der Waals surface area contributed by atoms with Crippen LogP contribution in [0, 0.1) is 27.5 Å². The Morgan fingerprint density at radius 2 is 1.97 bits per heavy atom. The molecule has 170 valence electrons. The number of carbonyl (C=O) groups is 2. The molecule has 0 spiro atoms. The Labute approximate surface area is 189 Å². The summed E-state index contributed by atoms with van der Waals surface area (Å²) in [5.41, 5.74) is 3.84. The summed E-state index contributed by atoms with van der Waals surface area (Å²) in [6.07, 6.45) is 5.52. The number of hydrogen-bond donors (Lipinski definition) is 2. The van der Waals surface area contributed by atoms with Gasteiger partial charge in [0, 0.05) is 12.1 Å². The smallest absolute Gasteiger partial charge is 0.339 e. The molecule has 2 amide bonds. The Balaban J connectivity index is 1.99. The predicted octanol–water partition coefficient (Wildman–Crippen LogP) is 4.21. The summed E-state index contributed by atoms with van der Waals surface area (Å²) in [6, 6.07) is 4.47. The largest absolute Gasteiger partial charge is 0.462 e. The minimum atomic E-state index is -1.81. The number of carbonyl (C=O) groups excluding carboxylic acids is 2. The second-order valence-corrected chi connectivity index (χ2v) is 14.0. The lowest BCUT2D eigenvalue weighted by atomic mass is 9.90. The van der Waals surface area contributed by atoms with Gasteiger partial charge in [-0.3, -0.25) is 10.1 Å². The van der Waals surface area contributed by atoms with Gasteiger partial charge in [0.2, 0.25) is 0 Å². The van der Waals surface area contributed by atoms with Crippen LogP contribution in [-0.4, -0.2) is 31.6 Å². The van der Waals surface area contributed by atoms with Crippen LogP contribution in [0.1, 0.15) is 43.7 Å². The Kier molecular flexibility index (Phi) is 7.35. The van der Waals surface area contributed by atoms with E-state index in [9.17, 15) is 19.7 Å². The Morgan fingerprint density at radius 1 is 1.25 bits per heavy atom. The van der Waals surface area contributed by atoms with Crippen LogP contribution < -0.4 is 10.6 Å². The van der Waals surface area contributed by atoms with Crippen LogP contribution in [0.3, 0.4) is 0 Å². The zero-order valence-electron chi connectivity index (χ0n) is 18.7. The molecular weight excluding hydrogens is 426 g/mol. The van der Waals surface area contributed by atoms with Crippen LogP contribution in [-0.2, 0) is 9.53 Å². The van der Waals surface area contributed by atoms with Crippen molar-refractivity contribution in [3.05, 3.63) is 51.2 Å². The van der Waals surface area contributed by atoms with E-state index in [1.807, 2.05) is 0 Å². The molecule has 8 nitrogen and oxygen atoms in total. The minimum absolute atomic E-state index is 0.125. The fraction of sp³-hybridized carbons (Fsp3) is 0.478. The van der Waals surface area contributed by atoms with Gasteiger partial charge in [-0.15, -0.1) is 5.54 Å². The van der Waals surface area contributed by atoms with Gasteiger partial charge in [-0.05, 0) is 24.3 Å². The molecule has 1 fully saturated rings. The molecule has 1 heterocycles. The number of amides is 2. The van der Waals surface area contributed by atoms with Crippen molar-refractivity contribution < 1.29 is 19.2 Å². The van der Waals surface area contributed by atoms with Gasteiger partial charge < -0.3 is 15.4 Å². The summed E-state index contributed by atoms with van der Waals surface area (Å²) in [5, 5.41) is 16.6. The van der Waals surface area contributed by atoms with Gasteiger partial charge in [0.25, 0.3) is 5.69 Å². The van der Waals surface area contributed by atoms with E-state index in [1.165, 1.54) is 24.6 Å². The van der Waals surface area contributed by atoms with Gasteiger partial charge in [0.05, 0.1) is 23.1 Å². The third-order valence-electron chi connectivity index (χ3n) is 5.44. The molecule has 32 heavy (non-hydrogen) atoms. The number of benzene rings is 1. The molecule has 1 aliphatic carbocycles. The topological polar surface area (TPSA) is 111 Å². The van der Waals surface area contributed by atoms with E-state index in [1.54, 1.807) is 6.07 Å². The van der Waals surface area contributed by atoms with Crippen LogP contribution in [0.15, 0.2) is 35.5 Å². The van der Waals surface area contributed by atoms with E-state index < -0.39 is 31.0 Å². The number of nitro groups is 1. The van der Waals surface area contributed by atoms with Crippen molar-refractivity contribution in [3.8, 4) is 11.5 Å². The average molecular weight is 456 g/mol. The van der Waals surface area contributed by atoms with E-state index in [2.05, 4.69) is 41.7 Å². The van der Waals surface area contributed by atoms with E-state index in [0.717, 1.165) is 25.7 Å². The number of esters is 1. The summed E-state index contributed by atoms with van der Waals surface area (Å²) >= 11 is 0. The van der Waals surface area contributed by atoms with E-state index in [-0.39, 0.29) is 17.0 Å². The summed E-state index contributed by atoms with van der Waals surface area (Å²) in [5.74, 6) is 2.74. The van der Waals surface area contributed by atoms with Crippen LogP contribution >= 0.6 is 0 Å². The molecule has 2 aliphatic rings. The van der Waals surface area contributed by atoms with Crippen molar-refractivity contribution in [1.29, 1.82) is 0 Å². The Morgan fingerprint density at radius 3 is 2.62 bits per heavy atom. The standard InChI is InChI=1S/C23H29N3O5Si/c1-32(2,3)13-12-19-20(22(27)31-15-16-8-5-4-6-9-16)21(25-23(28)24-19)17-10-7-11-18(14-17)26(29)30/h7,10-11,14,16,21H,4-6,8-9,15H2,1-3H3,(H2,24,25,28). The van der Waals surface area contributed by atoms with Gasteiger partial charge in [-0.2, -0.15) is 0 Å². The first-order valence-corrected chi connectivity index (χ1v) is 14.4. The van der Waals surface area contributed by atoms with Crippen LogP contribution in [0.5, 0.6) is 0 Å². The van der Waals surface area contributed by atoms with Crippen molar-refractivity contribution in [2.24, 2.45) is 5.92 Å². The van der Waals surface area contributed by atoms with E-state index in [0.29, 0.717) is 18.1 Å². The quantitative estimate of drug-likeness (QED) is 0.227. The van der Waals surface area contributed by atoms with Crippen molar-refractivity contribution >= 4 is 25.8 Å². The molecule has 0 aromatic heterocycles. The lowest BCUT2D eigenvalue weighted by Crippen LogP contribution is -2.46. The van der Waals surface area contributed by atoms with Crippen LogP contribution in [0.25, 0.3) is 0 Å². The van der Waals surface area contributed by atoms with E-state index in [4.69, 9.17) is 4.74 Å². The molecule has 1 saturated carbocycles. The van der Waals surface area contributed by atoms with Crippen molar-refractivity contribution in [1.82, 2.24) is 10.6 Å². The molecule has 0 bridgehead atoms. The Bertz CT molecular complexity index is 997. The number of nitrogens with zero attached hydrogens (tertiary/aromatic N) is 1. The second kappa shape index (κ2) is 10.00. The lowest BCUT2D eigenvalue weighted by Gasteiger charge is -2.28. The van der Waals surface area contributed by atoms with Gasteiger partial charge >= 0.3 is 12.0 Å². The molecule has 3 rings (SSSR count). The molecule has 1 atom stereocenters. The first-order chi connectivity index (χ1) is 15.1. The lowest BCUT2D eigenvalue weighted by molar-refractivity contribution is -0.384. The number of ether oxygens (including phenoxy) is 1. The average Bonchev–Trinajstić information content (AvgIpc) is 2.76. The molecule has 1 aliphatic heterocycles. The normalized spacial score (nSPS) is 19.3. The summed E-state index contributed by atoms with van der Waals surface area (Å²) < 4.78 is 5.67. The molecule has 0 saturated heterocycles. The highest BCUT2D eigenvalue weighted by atomic mass is 28.3. The zero-order valence-corrected chi connectivity index (χ0v) is 19.7. The highest BCUT2D eigenvalue weighted by Gasteiger charge is 2.34. The van der Waals surface area contributed by atoms with Crippen molar-refractivity contribution in [3.63, 3.8) is 0 Å². The predicted molar refractivity (Wildman–Crippen MR) is 123 cm³/mol. The second-order valence-electron chi connectivity index (χ2n) is 9.27. The summed E-state index contributed by atoms with van der Waals surface area (Å²) in [7, 11) is -1.81. The number of non-ortho nitro benzene ring substituents is 1. The van der Waals surface area contributed by atoms with Gasteiger partial charge in [-0.1, -0.05) is 57.0 Å². The van der Waals surface area contributed by atoms with Crippen molar-refractivity contribution in [2.45, 2.75) is 57.8 Å². The maximum absolute atomic E-state index is 13.2. The van der Waals surface area contributed by atoms with E-state index >= 15 is 0 Å². The van der Waals surface area contributed by atoms with Crippen LogP contribution in [0.2, 0.25) is 19.6 Å². The number of allylic oxidation sites excluding steroid dienone is 1. The minimum Gasteiger partial charge on any atom is -0.462 e. The molecule has 1 aromatic carbocycles. The van der Waals surface area contributed by atoms with Gasteiger partial charge in [0.15, 0.2) is 0 Å². The molecule has 1 aromatic rings.